The Hall–Kier alpha value is -2.51. The molecule has 2 rings (SSSR count). The zero-order valence-electron chi connectivity index (χ0n) is 12.5. The van der Waals surface area contributed by atoms with Crippen LogP contribution in [0.2, 0.25) is 5.02 Å². The third-order valence-electron chi connectivity index (χ3n) is 2.81. The SMILES string of the molecule is NC(=O)COc1ccc(NS(=O)(=O)/C=C/c2ccc(Cl)cc2)cc1. The zero-order valence-corrected chi connectivity index (χ0v) is 14.0. The van der Waals surface area contributed by atoms with Crippen molar-refractivity contribution in [3.05, 3.63) is 64.5 Å². The predicted octanol–water partition coefficient (Wildman–Crippen LogP) is 2.62. The number of carbonyl (C=O) groups is 1. The predicted molar refractivity (Wildman–Crippen MR) is 94.2 cm³/mol. The van der Waals surface area contributed by atoms with Gasteiger partial charge in [0.05, 0.1) is 5.41 Å². The minimum Gasteiger partial charge on any atom is -0.484 e. The fourth-order valence-electron chi connectivity index (χ4n) is 1.71. The van der Waals surface area contributed by atoms with E-state index in [0.29, 0.717) is 22.0 Å². The van der Waals surface area contributed by atoms with Gasteiger partial charge in [0.15, 0.2) is 6.61 Å². The molecular formula is C16H15ClN2O4S. The number of benzene rings is 2. The van der Waals surface area contributed by atoms with Crippen molar-refractivity contribution in [3.63, 3.8) is 0 Å². The molecule has 24 heavy (non-hydrogen) atoms. The van der Waals surface area contributed by atoms with Gasteiger partial charge in [0.1, 0.15) is 5.75 Å². The Morgan fingerprint density at radius 2 is 1.75 bits per heavy atom. The number of sulfonamides is 1. The Morgan fingerprint density at radius 1 is 1.12 bits per heavy atom. The van der Waals surface area contributed by atoms with Gasteiger partial charge < -0.3 is 10.5 Å². The quantitative estimate of drug-likeness (QED) is 0.786. The van der Waals surface area contributed by atoms with E-state index in [9.17, 15) is 13.2 Å². The van der Waals surface area contributed by atoms with E-state index in [0.717, 1.165) is 5.41 Å². The first-order valence-electron chi connectivity index (χ1n) is 6.82. The molecule has 0 aliphatic heterocycles. The molecule has 2 aromatic carbocycles. The van der Waals surface area contributed by atoms with Crippen molar-refractivity contribution < 1.29 is 17.9 Å². The summed E-state index contributed by atoms with van der Waals surface area (Å²) in [6, 6.07) is 12.9. The van der Waals surface area contributed by atoms with Crippen LogP contribution < -0.4 is 15.2 Å². The van der Waals surface area contributed by atoms with Crippen LogP contribution in [-0.4, -0.2) is 20.9 Å². The van der Waals surface area contributed by atoms with Crippen LogP contribution >= 0.6 is 11.6 Å². The standard InChI is InChI=1S/C16H15ClN2O4S/c17-13-3-1-12(2-4-13)9-10-24(21,22)19-14-5-7-15(8-6-14)23-11-16(18)20/h1-10,19H,11H2,(H2,18,20)/b10-9+. The molecular weight excluding hydrogens is 352 g/mol. The molecule has 2 aromatic rings. The molecule has 0 unspecified atom stereocenters. The molecule has 0 aliphatic rings. The molecule has 0 aliphatic carbocycles. The summed E-state index contributed by atoms with van der Waals surface area (Å²) >= 11 is 5.77. The van der Waals surface area contributed by atoms with Crippen molar-refractivity contribution in [1.82, 2.24) is 0 Å². The molecule has 0 radical (unpaired) electrons. The first kappa shape index (κ1) is 17.8. The van der Waals surface area contributed by atoms with Crippen LogP contribution in [0.5, 0.6) is 5.75 Å². The summed E-state index contributed by atoms with van der Waals surface area (Å²) in [6.45, 7) is -0.241. The number of halogens is 1. The van der Waals surface area contributed by atoms with Crippen LogP contribution in [-0.2, 0) is 14.8 Å². The number of carbonyl (C=O) groups excluding carboxylic acids is 1. The lowest BCUT2D eigenvalue weighted by Crippen LogP contribution is -2.20. The topological polar surface area (TPSA) is 98.5 Å². The number of nitrogens with one attached hydrogen (secondary N) is 1. The Morgan fingerprint density at radius 3 is 2.33 bits per heavy atom. The molecule has 0 saturated carbocycles. The Balaban J connectivity index is 2.00. The van der Waals surface area contributed by atoms with Crippen molar-refractivity contribution in [3.8, 4) is 5.75 Å². The number of ether oxygens (including phenoxy) is 1. The van der Waals surface area contributed by atoms with E-state index in [-0.39, 0.29) is 6.61 Å². The summed E-state index contributed by atoms with van der Waals surface area (Å²) in [6.07, 6.45) is 1.46. The van der Waals surface area contributed by atoms with Gasteiger partial charge >= 0.3 is 0 Å². The largest absolute Gasteiger partial charge is 0.484 e. The highest BCUT2D eigenvalue weighted by Crippen LogP contribution is 2.17. The van der Waals surface area contributed by atoms with E-state index in [2.05, 4.69) is 4.72 Å². The molecule has 0 aromatic heterocycles. The van der Waals surface area contributed by atoms with E-state index in [1.807, 2.05) is 0 Å². The summed E-state index contributed by atoms with van der Waals surface area (Å²) in [7, 11) is -3.66. The lowest BCUT2D eigenvalue weighted by molar-refractivity contribution is -0.119. The highest BCUT2D eigenvalue weighted by molar-refractivity contribution is 7.95. The van der Waals surface area contributed by atoms with Gasteiger partial charge in [-0.05, 0) is 48.0 Å². The van der Waals surface area contributed by atoms with Crippen LogP contribution in [0.4, 0.5) is 5.69 Å². The number of hydrogen-bond donors (Lipinski definition) is 2. The number of amides is 1. The van der Waals surface area contributed by atoms with Gasteiger partial charge in [-0.2, -0.15) is 0 Å². The lowest BCUT2D eigenvalue weighted by atomic mass is 10.2. The summed E-state index contributed by atoms with van der Waals surface area (Å²) in [5.74, 6) is -0.180. The summed E-state index contributed by atoms with van der Waals surface area (Å²) < 4.78 is 31.5. The van der Waals surface area contributed by atoms with E-state index < -0.39 is 15.9 Å². The van der Waals surface area contributed by atoms with Crippen molar-refractivity contribution >= 4 is 39.3 Å². The fraction of sp³-hybridized carbons (Fsp3) is 0.0625. The highest BCUT2D eigenvalue weighted by atomic mass is 35.5. The molecule has 3 N–H and O–H groups in total. The molecule has 8 heteroatoms. The Kier molecular flexibility index (Phi) is 5.83. The van der Waals surface area contributed by atoms with E-state index >= 15 is 0 Å². The van der Waals surface area contributed by atoms with Crippen molar-refractivity contribution in [2.75, 3.05) is 11.3 Å². The van der Waals surface area contributed by atoms with E-state index in [1.165, 1.54) is 30.3 Å². The number of primary amides is 1. The third-order valence-corrected chi connectivity index (χ3v) is 4.07. The Labute approximate surface area is 144 Å². The van der Waals surface area contributed by atoms with Gasteiger partial charge in [-0.3, -0.25) is 9.52 Å². The molecule has 6 nitrogen and oxygen atoms in total. The fourth-order valence-corrected chi connectivity index (χ4v) is 2.71. The molecule has 0 atom stereocenters. The van der Waals surface area contributed by atoms with Crippen LogP contribution in [0.25, 0.3) is 6.08 Å². The van der Waals surface area contributed by atoms with Crippen LogP contribution in [0, 0.1) is 0 Å². The summed E-state index contributed by atoms with van der Waals surface area (Å²) in [4.78, 5) is 10.6. The zero-order chi connectivity index (χ0) is 17.6. The average molecular weight is 367 g/mol. The second kappa shape index (κ2) is 7.85. The minimum atomic E-state index is -3.66. The monoisotopic (exact) mass is 366 g/mol. The van der Waals surface area contributed by atoms with Crippen molar-refractivity contribution in [2.45, 2.75) is 0 Å². The van der Waals surface area contributed by atoms with Gasteiger partial charge in [0.2, 0.25) is 0 Å². The van der Waals surface area contributed by atoms with E-state index in [4.69, 9.17) is 22.1 Å². The second-order valence-corrected chi connectivity index (χ2v) is 6.78. The Bertz CT molecular complexity index is 831. The first-order chi connectivity index (χ1) is 11.3. The first-order valence-corrected chi connectivity index (χ1v) is 8.74. The van der Waals surface area contributed by atoms with Gasteiger partial charge in [-0.1, -0.05) is 23.7 Å². The number of anilines is 1. The molecule has 126 valence electrons. The molecule has 0 saturated heterocycles. The van der Waals surface area contributed by atoms with Crippen LogP contribution in [0.15, 0.2) is 53.9 Å². The molecule has 0 spiro atoms. The van der Waals surface area contributed by atoms with Crippen molar-refractivity contribution in [2.24, 2.45) is 5.73 Å². The van der Waals surface area contributed by atoms with Gasteiger partial charge in [-0.15, -0.1) is 0 Å². The second-order valence-electron chi connectivity index (χ2n) is 4.78. The lowest BCUT2D eigenvalue weighted by Gasteiger charge is -2.07. The number of nitrogens with two attached hydrogens (primary N) is 1. The van der Waals surface area contributed by atoms with Crippen LogP contribution in [0.3, 0.4) is 0 Å². The molecule has 1 amide bonds. The minimum absolute atomic E-state index is 0.241. The smallest absolute Gasteiger partial charge is 0.255 e. The molecule has 0 bridgehead atoms. The summed E-state index contributed by atoms with van der Waals surface area (Å²) in [5, 5.41) is 1.64. The number of rotatable bonds is 7. The summed E-state index contributed by atoms with van der Waals surface area (Å²) in [5.41, 5.74) is 6.04. The maximum absolute atomic E-state index is 12.0. The number of hydrogen-bond acceptors (Lipinski definition) is 4. The molecule has 0 heterocycles. The van der Waals surface area contributed by atoms with Gasteiger partial charge in [-0.25, -0.2) is 8.42 Å². The maximum Gasteiger partial charge on any atom is 0.255 e. The molecule has 0 fully saturated rings. The third kappa shape index (κ3) is 5.94. The van der Waals surface area contributed by atoms with Crippen LogP contribution in [0.1, 0.15) is 5.56 Å². The maximum atomic E-state index is 12.0. The van der Waals surface area contributed by atoms with Gasteiger partial charge in [0.25, 0.3) is 15.9 Å². The van der Waals surface area contributed by atoms with E-state index in [1.54, 1.807) is 24.3 Å². The van der Waals surface area contributed by atoms with Crippen molar-refractivity contribution in [1.29, 1.82) is 0 Å². The van der Waals surface area contributed by atoms with Gasteiger partial charge in [0, 0.05) is 10.7 Å². The highest BCUT2D eigenvalue weighted by Gasteiger charge is 2.06. The normalized spacial score (nSPS) is 11.4. The average Bonchev–Trinajstić information content (AvgIpc) is 2.53.